The summed E-state index contributed by atoms with van der Waals surface area (Å²) in [5.74, 6) is 0. The second-order valence-corrected chi connectivity index (χ2v) is 6.10. The third-order valence-corrected chi connectivity index (χ3v) is 3.11. The van der Waals surface area contributed by atoms with Gasteiger partial charge in [-0.2, -0.15) is 5.10 Å². The molecule has 98 valence electrons. The summed E-state index contributed by atoms with van der Waals surface area (Å²) in [5.41, 5.74) is 2.76. The van der Waals surface area contributed by atoms with Gasteiger partial charge in [-0.05, 0) is 37.8 Å². The van der Waals surface area contributed by atoms with Crippen LogP contribution in [0.25, 0.3) is 0 Å². The third-order valence-electron chi connectivity index (χ3n) is 3.11. The van der Waals surface area contributed by atoms with Gasteiger partial charge in [0.15, 0.2) is 0 Å². The smallest absolute Gasteiger partial charge is 0.0596 e. The van der Waals surface area contributed by atoms with E-state index >= 15 is 0 Å². The fourth-order valence-corrected chi connectivity index (χ4v) is 2.11. The first kappa shape index (κ1) is 14.2. The number of aryl methyl sites for hydroxylation is 2. The van der Waals surface area contributed by atoms with Crippen LogP contribution in [0.3, 0.4) is 0 Å². The van der Waals surface area contributed by atoms with Gasteiger partial charge in [0, 0.05) is 18.8 Å². The molecule has 1 heterocycles. The zero-order valence-corrected chi connectivity index (χ0v) is 12.2. The maximum atomic E-state index is 4.40. The molecule has 3 nitrogen and oxygen atoms in total. The zero-order valence-electron chi connectivity index (χ0n) is 12.2. The second-order valence-electron chi connectivity index (χ2n) is 6.10. The molecule has 0 fully saturated rings. The summed E-state index contributed by atoms with van der Waals surface area (Å²) in [6.07, 6.45) is 2.28. The Labute approximate surface area is 106 Å². The Bertz CT molecular complexity index is 350. The van der Waals surface area contributed by atoms with Crippen molar-refractivity contribution in [1.82, 2.24) is 15.1 Å². The first-order valence-corrected chi connectivity index (χ1v) is 6.53. The molecule has 0 atom stereocenters. The molecular formula is C14H27N3. The minimum Gasteiger partial charge on any atom is -0.315 e. The van der Waals surface area contributed by atoms with Gasteiger partial charge in [0.05, 0.1) is 5.69 Å². The van der Waals surface area contributed by atoms with Crippen LogP contribution in [0.2, 0.25) is 0 Å². The van der Waals surface area contributed by atoms with Gasteiger partial charge < -0.3 is 5.32 Å². The Morgan fingerprint density at radius 3 is 2.53 bits per heavy atom. The van der Waals surface area contributed by atoms with Crippen molar-refractivity contribution >= 4 is 0 Å². The summed E-state index contributed by atoms with van der Waals surface area (Å²) in [4.78, 5) is 0. The summed E-state index contributed by atoms with van der Waals surface area (Å²) in [7, 11) is 2.03. The van der Waals surface area contributed by atoms with Gasteiger partial charge in [-0.1, -0.05) is 27.7 Å². The molecule has 0 aliphatic rings. The predicted octanol–water partition coefficient (Wildman–Crippen LogP) is 2.69. The molecule has 1 rings (SSSR count). The van der Waals surface area contributed by atoms with E-state index in [9.17, 15) is 0 Å². The van der Waals surface area contributed by atoms with Crippen LogP contribution in [0.5, 0.6) is 0 Å². The molecule has 0 saturated carbocycles. The van der Waals surface area contributed by atoms with Crippen LogP contribution < -0.4 is 5.32 Å². The lowest BCUT2D eigenvalue weighted by atomic mass is 9.84. The first-order valence-electron chi connectivity index (χ1n) is 6.53. The number of aromatic nitrogens is 2. The molecule has 1 aromatic heterocycles. The van der Waals surface area contributed by atoms with Crippen LogP contribution >= 0.6 is 0 Å². The number of nitrogens with one attached hydrogen (secondary N) is 1. The van der Waals surface area contributed by atoms with Crippen molar-refractivity contribution in [3.63, 3.8) is 0 Å². The van der Waals surface area contributed by atoms with E-state index in [1.54, 1.807) is 0 Å². The van der Waals surface area contributed by atoms with Crippen LogP contribution in [0.4, 0.5) is 0 Å². The third kappa shape index (κ3) is 4.90. The average molecular weight is 237 g/mol. The summed E-state index contributed by atoms with van der Waals surface area (Å²) in [5, 5.41) is 7.89. The van der Waals surface area contributed by atoms with E-state index in [1.165, 1.54) is 12.1 Å². The Hall–Kier alpha value is -0.830. The summed E-state index contributed by atoms with van der Waals surface area (Å²) < 4.78 is 2.01. The molecule has 3 heteroatoms. The van der Waals surface area contributed by atoms with Crippen LogP contribution in [-0.4, -0.2) is 22.4 Å². The number of hydrogen-bond acceptors (Lipinski definition) is 2. The topological polar surface area (TPSA) is 29.9 Å². The Kier molecular flexibility index (Phi) is 4.75. The molecule has 0 saturated heterocycles. The van der Waals surface area contributed by atoms with E-state index in [0.717, 1.165) is 18.7 Å². The van der Waals surface area contributed by atoms with Gasteiger partial charge in [0.2, 0.25) is 0 Å². The Balaban J connectivity index is 2.51. The molecule has 17 heavy (non-hydrogen) atoms. The van der Waals surface area contributed by atoms with Crippen LogP contribution in [0.15, 0.2) is 6.07 Å². The Morgan fingerprint density at radius 1 is 1.41 bits per heavy atom. The summed E-state index contributed by atoms with van der Waals surface area (Å²) in [6.45, 7) is 12.2. The van der Waals surface area contributed by atoms with Gasteiger partial charge in [-0.15, -0.1) is 0 Å². The predicted molar refractivity (Wildman–Crippen MR) is 73.2 cm³/mol. The standard InChI is InChI=1S/C14H27N3/c1-11(2)15-8-7-14(4,5)10-13-9-12(3)16-17(13)6/h9,11,15H,7-8,10H2,1-6H3. The molecule has 0 spiro atoms. The van der Waals surface area contributed by atoms with Crippen molar-refractivity contribution in [1.29, 1.82) is 0 Å². The fourth-order valence-electron chi connectivity index (χ4n) is 2.11. The second kappa shape index (κ2) is 5.67. The number of hydrogen-bond donors (Lipinski definition) is 1. The van der Waals surface area contributed by atoms with Crippen molar-refractivity contribution in [3.05, 3.63) is 17.5 Å². The lowest BCUT2D eigenvalue weighted by molar-refractivity contribution is 0.313. The molecule has 1 aromatic rings. The minimum atomic E-state index is 0.322. The van der Waals surface area contributed by atoms with Gasteiger partial charge >= 0.3 is 0 Å². The van der Waals surface area contributed by atoms with E-state index in [2.05, 4.69) is 51.1 Å². The highest BCUT2D eigenvalue weighted by molar-refractivity contribution is 5.10. The van der Waals surface area contributed by atoms with E-state index < -0.39 is 0 Å². The summed E-state index contributed by atoms with van der Waals surface area (Å²) in [6, 6.07) is 2.77. The SMILES string of the molecule is Cc1cc(CC(C)(C)CCNC(C)C)n(C)n1. The van der Waals surface area contributed by atoms with Crippen molar-refractivity contribution in [2.24, 2.45) is 12.5 Å². The molecule has 0 aliphatic carbocycles. The number of nitrogens with zero attached hydrogens (tertiary/aromatic N) is 2. The van der Waals surface area contributed by atoms with Crippen molar-refractivity contribution in [3.8, 4) is 0 Å². The van der Waals surface area contributed by atoms with Crippen LogP contribution in [0.1, 0.15) is 45.5 Å². The monoisotopic (exact) mass is 237 g/mol. The summed E-state index contributed by atoms with van der Waals surface area (Å²) >= 11 is 0. The largest absolute Gasteiger partial charge is 0.315 e. The molecule has 0 radical (unpaired) electrons. The van der Waals surface area contributed by atoms with Crippen LogP contribution in [-0.2, 0) is 13.5 Å². The van der Waals surface area contributed by atoms with Crippen molar-refractivity contribution in [2.45, 2.75) is 53.5 Å². The number of rotatable bonds is 6. The highest BCUT2D eigenvalue weighted by Crippen LogP contribution is 2.25. The normalized spacial score (nSPS) is 12.4. The highest BCUT2D eigenvalue weighted by Gasteiger charge is 2.20. The fraction of sp³-hybridized carbons (Fsp3) is 0.786. The van der Waals surface area contributed by atoms with E-state index in [-0.39, 0.29) is 0 Å². The van der Waals surface area contributed by atoms with Crippen LogP contribution in [0, 0.1) is 12.3 Å². The van der Waals surface area contributed by atoms with Crippen molar-refractivity contribution < 1.29 is 0 Å². The highest BCUT2D eigenvalue weighted by atomic mass is 15.3. The van der Waals surface area contributed by atoms with Crippen molar-refractivity contribution in [2.75, 3.05) is 6.54 Å². The molecular weight excluding hydrogens is 210 g/mol. The van der Waals surface area contributed by atoms with E-state index in [0.29, 0.717) is 11.5 Å². The quantitative estimate of drug-likeness (QED) is 0.824. The van der Waals surface area contributed by atoms with E-state index in [4.69, 9.17) is 0 Å². The maximum absolute atomic E-state index is 4.40. The molecule has 0 bridgehead atoms. The lowest BCUT2D eigenvalue weighted by Gasteiger charge is -2.25. The lowest BCUT2D eigenvalue weighted by Crippen LogP contribution is -2.29. The van der Waals surface area contributed by atoms with Gasteiger partial charge in [-0.25, -0.2) is 0 Å². The van der Waals surface area contributed by atoms with Gasteiger partial charge in [0.25, 0.3) is 0 Å². The molecule has 0 amide bonds. The molecule has 0 aromatic carbocycles. The minimum absolute atomic E-state index is 0.322. The molecule has 0 aliphatic heterocycles. The molecule has 1 N–H and O–H groups in total. The first-order chi connectivity index (χ1) is 7.80. The Morgan fingerprint density at radius 2 is 2.06 bits per heavy atom. The zero-order chi connectivity index (χ0) is 13.1. The average Bonchev–Trinajstić information content (AvgIpc) is 2.42. The maximum Gasteiger partial charge on any atom is 0.0596 e. The molecule has 0 unspecified atom stereocenters. The van der Waals surface area contributed by atoms with Gasteiger partial charge in [-0.3, -0.25) is 4.68 Å². The van der Waals surface area contributed by atoms with Gasteiger partial charge in [0.1, 0.15) is 0 Å². The van der Waals surface area contributed by atoms with E-state index in [1.807, 2.05) is 11.7 Å².